The van der Waals surface area contributed by atoms with Crippen LogP contribution in [0.1, 0.15) is 23.5 Å². The van der Waals surface area contributed by atoms with Crippen molar-refractivity contribution < 1.29 is 9.53 Å². The van der Waals surface area contributed by atoms with E-state index in [0.717, 1.165) is 44.9 Å². The summed E-state index contributed by atoms with van der Waals surface area (Å²) in [6.07, 6.45) is 0.232. The molecule has 4 aromatic rings. The fraction of sp³-hybridized carbons (Fsp3) is 0.222. The second-order valence-corrected chi connectivity index (χ2v) is 7.02. The largest absolute Gasteiger partial charge is 0.426 e. The van der Waals surface area contributed by atoms with Crippen molar-refractivity contribution in [2.24, 2.45) is 14.1 Å². The summed E-state index contributed by atoms with van der Waals surface area (Å²) >= 11 is 1.14. The van der Waals surface area contributed by atoms with Crippen LogP contribution >= 0.6 is 11.7 Å². The van der Waals surface area contributed by atoms with Gasteiger partial charge in [-0.2, -0.15) is 8.75 Å². The van der Waals surface area contributed by atoms with Crippen molar-refractivity contribution in [3.63, 3.8) is 0 Å². The van der Waals surface area contributed by atoms with Crippen molar-refractivity contribution in [1.82, 2.24) is 17.9 Å². The number of carbonyl (C=O) groups excluding carboxylic acids is 1. The molecule has 8 heteroatoms. The predicted octanol–water partition coefficient (Wildman–Crippen LogP) is 2.32. The van der Waals surface area contributed by atoms with E-state index in [1.54, 1.807) is 29.3 Å². The zero-order valence-electron chi connectivity index (χ0n) is 14.1. The number of fused-ring (bicyclic) bond motifs is 4. The average Bonchev–Trinajstić information content (AvgIpc) is 3.20. The third kappa shape index (κ3) is 1.99. The Morgan fingerprint density at radius 3 is 2.73 bits per heavy atom. The number of benzene rings is 2. The molecule has 26 heavy (non-hydrogen) atoms. The fourth-order valence-electron chi connectivity index (χ4n) is 3.74. The second-order valence-electron chi connectivity index (χ2n) is 6.49. The molecule has 0 fully saturated rings. The number of aromatic nitrogens is 4. The maximum absolute atomic E-state index is 12.2. The van der Waals surface area contributed by atoms with Gasteiger partial charge in [0.25, 0.3) is 0 Å². The average molecular weight is 366 g/mol. The van der Waals surface area contributed by atoms with Crippen molar-refractivity contribution in [3.8, 4) is 5.75 Å². The molecule has 2 aromatic heterocycles. The summed E-state index contributed by atoms with van der Waals surface area (Å²) in [7, 11) is 3.50. The Balaban J connectivity index is 1.78. The van der Waals surface area contributed by atoms with E-state index in [2.05, 4.69) is 8.75 Å². The lowest BCUT2D eigenvalue weighted by molar-refractivity contribution is -0.135. The first-order valence-corrected chi connectivity index (χ1v) is 8.89. The van der Waals surface area contributed by atoms with E-state index >= 15 is 0 Å². The van der Waals surface area contributed by atoms with Gasteiger partial charge in [0.2, 0.25) is 0 Å². The lowest BCUT2D eigenvalue weighted by Crippen LogP contribution is -2.21. The molecule has 0 spiro atoms. The van der Waals surface area contributed by atoms with Gasteiger partial charge < -0.3 is 4.74 Å². The molecule has 0 radical (unpaired) electrons. The molecule has 0 saturated carbocycles. The van der Waals surface area contributed by atoms with Crippen LogP contribution in [-0.4, -0.2) is 23.9 Å². The number of ether oxygens (including phenoxy) is 1. The van der Waals surface area contributed by atoms with Crippen molar-refractivity contribution >= 4 is 39.8 Å². The molecule has 1 aliphatic rings. The molecule has 0 bridgehead atoms. The summed E-state index contributed by atoms with van der Waals surface area (Å²) in [4.78, 5) is 24.4. The van der Waals surface area contributed by atoms with Crippen LogP contribution in [0, 0.1) is 0 Å². The van der Waals surface area contributed by atoms with Crippen LogP contribution in [-0.2, 0) is 18.9 Å². The third-order valence-corrected chi connectivity index (χ3v) is 5.61. The van der Waals surface area contributed by atoms with Crippen LogP contribution in [0.2, 0.25) is 0 Å². The minimum atomic E-state index is -0.271. The van der Waals surface area contributed by atoms with Gasteiger partial charge in [0.15, 0.2) is 0 Å². The van der Waals surface area contributed by atoms with Gasteiger partial charge in [-0.15, -0.1) is 0 Å². The number of imidazole rings is 1. The highest BCUT2D eigenvalue weighted by Gasteiger charge is 2.31. The van der Waals surface area contributed by atoms with Gasteiger partial charge in [-0.3, -0.25) is 13.9 Å². The third-order valence-electron chi connectivity index (χ3n) is 5.07. The summed E-state index contributed by atoms with van der Waals surface area (Å²) in [6, 6.07) is 9.46. The lowest BCUT2D eigenvalue weighted by atomic mass is 9.85. The van der Waals surface area contributed by atoms with Crippen LogP contribution in [0.4, 0.5) is 0 Å². The maximum Gasteiger partial charge on any atom is 0.328 e. The zero-order valence-corrected chi connectivity index (χ0v) is 14.9. The lowest BCUT2D eigenvalue weighted by Gasteiger charge is -2.25. The van der Waals surface area contributed by atoms with E-state index in [1.807, 2.05) is 24.3 Å². The van der Waals surface area contributed by atoms with Crippen molar-refractivity contribution in [2.45, 2.75) is 12.3 Å². The van der Waals surface area contributed by atoms with Gasteiger partial charge in [0.1, 0.15) is 16.8 Å². The number of nitrogens with zero attached hydrogens (tertiary/aromatic N) is 4. The van der Waals surface area contributed by atoms with E-state index in [1.165, 1.54) is 0 Å². The van der Waals surface area contributed by atoms with Gasteiger partial charge >= 0.3 is 11.7 Å². The molecule has 1 atom stereocenters. The number of hydrogen-bond acceptors (Lipinski definition) is 6. The summed E-state index contributed by atoms with van der Waals surface area (Å²) in [5, 5.41) is 0. The van der Waals surface area contributed by atoms with E-state index in [0.29, 0.717) is 5.75 Å². The van der Waals surface area contributed by atoms with Crippen molar-refractivity contribution in [2.75, 3.05) is 0 Å². The Morgan fingerprint density at radius 2 is 1.88 bits per heavy atom. The number of aryl methyl sites for hydroxylation is 2. The highest BCUT2D eigenvalue weighted by Crippen LogP contribution is 2.42. The minimum absolute atomic E-state index is 0.0771. The van der Waals surface area contributed by atoms with E-state index in [9.17, 15) is 9.59 Å². The first kappa shape index (κ1) is 15.3. The summed E-state index contributed by atoms with van der Waals surface area (Å²) in [5.74, 6) is 0.0825. The molecule has 0 N–H and O–H groups in total. The normalized spacial score (nSPS) is 16.8. The highest BCUT2D eigenvalue weighted by molar-refractivity contribution is 7.00. The molecule has 1 aliphatic heterocycles. The monoisotopic (exact) mass is 366 g/mol. The zero-order chi connectivity index (χ0) is 18.0. The Labute approximate surface area is 151 Å². The summed E-state index contributed by atoms with van der Waals surface area (Å²) < 4.78 is 17.4. The minimum Gasteiger partial charge on any atom is -0.426 e. The van der Waals surface area contributed by atoms with E-state index in [4.69, 9.17) is 4.74 Å². The standard InChI is InChI=1S/C18H14N4O3S/c1-21-12-5-3-9(7-13(12)22(2)18(21)24)10-8-15(23)25-14-6-4-11-17(16(10)14)20-26-19-11/h3-7,10H,8H2,1-2H3/t10-/m0/s1. The Kier molecular flexibility index (Phi) is 3.08. The van der Waals surface area contributed by atoms with Crippen LogP contribution in [0.5, 0.6) is 5.75 Å². The van der Waals surface area contributed by atoms with Crippen LogP contribution in [0.25, 0.3) is 22.1 Å². The number of rotatable bonds is 1. The van der Waals surface area contributed by atoms with Crippen molar-refractivity contribution in [3.05, 3.63) is 51.9 Å². The SMILES string of the molecule is Cn1c(=O)n(C)c2cc([C@@H]3CC(=O)Oc4ccc5nsnc5c43)ccc21. The first-order valence-electron chi connectivity index (χ1n) is 8.16. The van der Waals surface area contributed by atoms with Gasteiger partial charge in [-0.05, 0) is 29.8 Å². The van der Waals surface area contributed by atoms with Crippen LogP contribution < -0.4 is 10.4 Å². The molecular formula is C18H14N4O3S. The van der Waals surface area contributed by atoms with Gasteiger partial charge in [-0.1, -0.05) is 6.07 Å². The van der Waals surface area contributed by atoms with E-state index < -0.39 is 0 Å². The topological polar surface area (TPSA) is 79.0 Å². The van der Waals surface area contributed by atoms with Gasteiger partial charge in [0, 0.05) is 25.6 Å². The quantitative estimate of drug-likeness (QED) is 0.382. The predicted molar refractivity (Wildman–Crippen MR) is 97.7 cm³/mol. The molecule has 0 unspecified atom stereocenters. The second kappa shape index (κ2) is 5.25. The Hall–Kier alpha value is -3.00. The molecule has 0 saturated heterocycles. The maximum atomic E-state index is 12.2. The van der Waals surface area contributed by atoms with Crippen LogP contribution in [0.3, 0.4) is 0 Å². The molecule has 5 rings (SSSR count). The van der Waals surface area contributed by atoms with Gasteiger partial charge in [-0.25, -0.2) is 4.79 Å². The van der Waals surface area contributed by atoms with Gasteiger partial charge in [0.05, 0.1) is 29.2 Å². The molecule has 7 nitrogen and oxygen atoms in total. The van der Waals surface area contributed by atoms with E-state index in [-0.39, 0.29) is 24.0 Å². The van der Waals surface area contributed by atoms with Crippen LogP contribution in [0.15, 0.2) is 35.1 Å². The Bertz CT molecular complexity index is 1270. The van der Waals surface area contributed by atoms with Crippen molar-refractivity contribution in [1.29, 1.82) is 0 Å². The summed E-state index contributed by atoms with van der Waals surface area (Å²) in [5.41, 5.74) is 5.02. The Morgan fingerprint density at radius 1 is 1.08 bits per heavy atom. The number of carbonyl (C=O) groups is 1. The molecular weight excluding hydrogens is 352 g/mol. The molecule has 130 valence electrons. The molecule has 0 aliphatic carbocycles. The first-order chi connectivity index (χ1) is 12.5. The highest BCUT2D eigenvalue weighted by atomic mass is 32.1. The summed E-state index contributed by atoms with van der Waals surface area (Å²) in [6.45, 7) is 0. The molecule has 3 heterocycles. The number of hydrogen-bond donors (Lipinski definition) is 0. The molecule has 0 amide bonds. The smallest absolute Gasteiger partial charge is 0.328 e. The fourth-order valence-corrected chi connectivity index (χ4v) is 4.29. The molecule has 2 aromatic carbocycles. The number of esters is 1.